The van der Waals surface area contributed by atoms with Crippen molar-refractivity contribution in [2.45, 2.75) is 32.6 Å². The van der Waals surface area contributed by atoms with E-state index in [-0.39, 0.29) is 54.8 Å². The molecular weight excluding hydrogens is 448 g/mol. The zero-order chi connectivity index (χ0) is 24.8. The van der Waals surface area contributed by atoms with Crippen molar-refractivity contribution < 1.29 is 32.7 Å². The molecule has 1 unspecified atom stereocenters. The van der Waals surface area contributed by atoms with Crippen molar-refractivity contribution in [3.8, 4) is 0 Å². The Hall–Kier alpha value is -3.04. The third-order valence-electron chi connectivity index (χ3n) is 6.44. The third kappa shape index (κ3) is 6.09. The van der Waals surface area contributed by atoms with Crippen LogP contribution in [-0.2, 0) is 19.1 Å². The van der Waals surface area contributed by atoms with Gasteiger partial charge in [0.2, 0.25) is 11.8 Å². The molecule has 0 bridgehead atoms. The molecule has 3 rings (SSSR count). The Labute approximate surface area is 197 Å². The first kappa shape index (κ1) is 25.6. The summed E-state index contributed by atoms with van der Waals surface area (Å²) in [7, 11) is 1.57. The van der Waals surface area contributed by atoms with E-state index in [0.29, 0.717) is 51.4 Å². The van der Waals surface area contributed by atoms with E-state index in [4.69, 9.17) is 4.74 Å². The van der Waals surface area contributed by atoms with Crippen LogP contribution >= 0.6 is 0 Å². The molecule has 1 aromatic rings. The average molecular weight is 480 g/mol. The number of ether oxygens (including phenoxy) is 1. The lowest BCUT2D eigenvalue weighted by Crippen LogP contribution is -2.49. The van der Waals surface area contributed by atoms with Gasteiger partial charge in [0.25, 0.3) is 5.91 Å². The molecule has 3 amide bonds. The highest BCUT2D eigenvalue weighted by Crippen LogP contribution is 2.23. The molecule has 2 saturated heterocycles. The summed E-state index contributed by atoms with van der Waals surface area (Å²) in [5, 5.41) is 0. The van der Waals surface area contributed by atoms with Gasteiger partial charge in [0.15, 0.2) is 0 Å². The van der Waals surface area contributed by atoms with E-state index in [1.54, 1.807) is 18.9 Å². The van der Waals surface area contributed by atoms with Crippen LogP contribution in [0.3, 0.4) is 0 Å². The van der Waals surface area contributed by atoms with Gasteiger partial charge < -0.3 is 19.4 Å². The summed E-state index contributed by atoms with van der Waals surface area (Å²) in [5.41, 5.74) is -0.198. The lowest BCUT2D eigenvalue weighted by molar-refractivity contribution is -0.152. The van der Waals surface area contributed by atoms with E-state index < -0.39 is 17.5 Å². The van der Waals surface area contributed by atoms with E-state index in [1.165, 1.54) is 9.80 Å². The van der Waals surface area contributed by atoms with Gasteiger partial charge in [0, 0.05) is 45.2 Å². The number of halogens is 2. The molecule has 2 fully saturated rings. The van der Waals surface area contributed by atoms with Crippen LogP contribution < -0.4 is 0 Å². The summed E-state index contributed by atoms with van der Waals surface area (Å²) in [6, 6.07) is 2.83. The summed E-state index contributed by atoms with van der Waals surface area (Å²) in [4.78, 5) is 54.6. The Morgan fingerprint density at radius 3 is 2.38 bits per heavy atom. The van der Waals surface area contributed by atoms with E-state index >= 15 is 0 Å². The zero-order valence-electron chi connectivity index (χ0n) is 19.6. The van der Waals surface area contributed by atoms with Gasteiger partial charge in [-0.1, -0.05) is 0 Å². The molecule has 1 aromatic carbocycles. The van der Waals surface area contributed by atoms with E-state index in [0.717, 1.165) is 12.1 Å². The van der Waals surface area contributed by atoms with Crippen molar-refractivity contribution in [3.05, 3.63) is 35.4 Å². The van der Waals surface area contributed by atoms with Crippen molar-refractivity contribution in [1.82, 2.24) is 14.7 Å². The van der Waals surface area contributed by atoms with Crippen molar-refractivity contribution in [2.75, 3.05) is 46.4 Å². The molecule has 34 heavy (non-hydrogen) atoms. The number of likely N-dealkylation sites (N-methyl/N-ethyl adjacent to an activating group) is 1. The highest BCUT2D eigenvalue weighted by molar-refractivity contribution is 5.94. The number of likely N-dealkylation sites (tertiary alicyclic amines) is 2. The molecule has 10 heteroatoms. The molecule has 0 aromatic heterocycles. The number of amides is 3. The van der Waals surface area contributed by atoms with Crippen LogP contribution in [0.15, 0.2) is 18.2 Å². The topological polar surface area (TPSA) is 87.2 Å². The molecule has 0 saturated carbocycles. The average Bonchev–Trinajstić information content (AvgIpc) is 2.83. The van der Waals surface area contributed by atoms with Gasteiger partial charge >= 0.3 is 5.97 Å². The molecule has 0 N–H and O–H groups in total. The van der Waals surface area contributed by atoms with Crippen LogP contribution in [0.4, 0.5) is 8.78 Å². The van der Waals surface area contributed by atoms with Crippen molar-refractivity contribution in [2.24, 2.45) is 11.8 Å². The van der Waals surface area contributed by atoms with Crippen LogP contribution in [0.1, 0.15) is 43.0 Å². The van der Waals surface area contributed by atoms with Gasteiger partial charge in [-0.25, -0.2) is 8.78 Å². The molecule has 2 aliphatic heterocycles. The smallest absolute Gasteiger partial charge is 0.310 e. The fourth-order valence-electron chi connectivity index (χ4n) is 4.51. The maximum absolute atomic E-state index is 13.9. The van der Waals surface area contributed by atoms with Crippen LogP contribution in [0.2, 0.25) is 0 Å². The van der Waals surface area contributed by atoms with Gasteiger partial charge in [-0.05, 0) is 44.7 Å². The minimum atomic E-state index is -0.913. The molecule has 8 nitrogen and oxygen atoms in total. The van der Waals surface area contributed by atoms with Crippen LogP contribution in [0, 0.1) is 23.5 Å². The Morgan fingerprint density at radius 1 is 1.03 bits per heavy atom. The number of piperidine rings is 2. The molecular formula is C24H31F2N3O5. The van der Waals surface area contributed by atoms with Crippen molar-refractivity contribution in [1.29, 1.82) is 0 Å². The Bertz CT molecular complexity index is 933. The minimum absolute atomic E-state index is 0.0890. The van der Waals surface area contributed by atoms with E-state index in [1.807, 2.05) is 0 Å². The lowest BCUT2D eigenvalue weighted by atomic mass is 9.94. The lowest BCUT2D eigenvalue weighted by Gasteiger charge is -2.35. The number of hydrogen-bond donors (Lipinski definition) is 0. The van der Waals surface area contributed by atoms with Gasteiger partial charge in [0.1, 0.15) is 11.6 Å². The third-order valence-corrected chi connectivity index (χ3v) is 6.44. The number of rotatable bonds is 6. The molecule has 0 spiro atoms. The predicted octanol–water partition coefficient (Wildman–Crippen LogP) is 2.08. The molecule has 0 aliphatic carbocycles. The monoisotopic (exact) mass is 479 g/mol. The standard InChI is InChI=1S/C24H31F2N3O5/c1-3-34-24(33)17-5-4-10-29(14-17)21(30)15-27(2)22(31)16-8-11-28(12-9-16)23(32)19-7-6-18(25)13-20(19)26/h6-7,13,16-17H,3-5,8-12,14-15H2,1-2H3. The van der Waals surface area contributed by atoms with Crippen molar-refractivity contribution in [3.63, 3.8) is 0 Å². The van der Waals surface area contributed by atoms with Gasteiger partial charge in [0.05, 0.1) is 24.6 Å². The first-order chi connectivity index (χ1) is 16.2. The maximum Gasteiger partial charge on any atom is 0.310 e. The number of nitrogens with zero attached hydrogens (tertiary/aromatic N) is 3. The second-order valence-electron chi connectivity index (χ2n) is 8.82. The largest absolute Gasteiger partial charge is 0.466 e. The highest BCUT2D eigenvalue weighted by atomic mass is 19.1. The zero-order valence-corrected chi connectivity index (χ0v) is 19.6. The van der Waals surface area contributed by atoms with Crippen LogP contribution in [-0.4, -0.2) is 84.8 Å². The molecule has 0 radical (unpaired) electrons. The van der Waals surface area contributed by atoms with E-state index in [2.05, 4.69) is 0 Å². The Kier molecular flexibility index (Phi) is 8.57. The number of carbonyl (C=O) groups excluding carboxylic acids is 4. The summed E-state index contributed by atoms with van der Waals surface area (Å²) in [6.07, 6.45) is 2.16. The quantitative estimate of drug-likeness (QED) is 0.583. The van der Waals surface area contributed by atoms with Crippen LogP contribution in [0.5, 0.6) is 0 Å². The fraction of sp³-hybridized carbons (Fsp3) is 0.583. The molecule has 1 atom stereocenters. The number of carbonyl (C=O) groups is 4. The Balaban J connectivity index is 1.49. The summed E-state index contributed by atoms with van der Waals surface area (Å²) in [6.45, 7) is 3.31. The first-order valence-electron chi connectivity index (χ1n) is 11.6. The summed E-state index contributed by atoms with van der Waals surface area (Å²) >= 11 is 0. The normalized spacial score (nSPS) is 19.0. The minimum Gasteiger partial charge on any atom is -0.466 e. The van der Waals surface area contributed by atoms with E-state index in [9.17, 15) is 28.0 Å². The number of hydrogen-bond acceptors (Lipinski definition) is 5. The van der Waals surface area contributed by atoms with Crippen molar-refractivity contribution >= 4 is 23.7 Å². The summed E-state index contributed by atoms with van der Waals surface area (Å²) < 4.78 is 32.1. The van der Waals surface area contributed by atoms with Crippen LogP contribution in [0.25, 0.3) is 0 Å². The fourth-order valence-corrected chi connectivity index (χ4v) is 4.51. The number of benzene rings is 1. The Morgan fingerprint density at radius 2 is 1.74 bits per heavy atom. The molecule has 2 aliphatic rings. The van der Waals surface area contributed by atoms with Gasteiger partial charge in [-0.3, -0.25) is 19.2 Å². The SMILES string of the molecule is CCOC(=O)C1CCCN(C(=O)CN(C)C(=O)C2CCN(C(=O)c3ccc(F)cc3F)CC2)C1. The maximum atomic E-state index is 13.9. The molecule has 186 valence electrons. The first-order valence-corrected chi connectivity index (χ1v) is 11.6. The summed E-state index contributed by atoms with van der Waals surface area (Å²) in [5.74, 6) is -3.60. The second-order valence-corrected chi connectivity index (χ2v) is 8.82. The van der Waals surface area contributed by atoms with Gasteiger partial charge in [-0.2, -0.15) is 0 Å². The molecule has 2 heterocycles. The second kappa shape index (κ2) is 11.4. The van der Waals surface area contributed by atoms with Gasteiger partial charge in [-0.15, -0.1) is 0 Å². The highest BCUT2D eigenvalue weighted by Gasteiger charge is 2.33. The number of esters is 1. The predicted molar refractivity (Wildman–Crippen MR) is 119 cm³/mol.